The fraction of sp³-hybridized carbons (Fsp3) is 0.417. The van der Waals surface area contributed by atoms with Gasteiger partial charge in [-0.2, -0.15) is 5.10 Å². The molecule has 2 aliphatic rings. The quantitative estimate of drug-likeness (QED) is 0.675. The van der Waals surface area contributed by atoms with E-state index in [1.807, 2.05) is 59.2 Å². The predicted octanol–water partition coefficient (Wildman–Crippen LogP) is 4.11. The summed E-state index contributed by atoms with van der Waals surface area (Å²) in [5.41, 5.74) is 2.79. The third kappa shape index (κ3) is 3.44. The molecule has 1 aliphatic carbocycles. The van der Waals surface area contributed by atoms with E-state index in [-0.39, 0.29) is 5.91 Å². The van der Waals surface area contributed by atoms with Crippen LogP contribution in [0.5, 0.6) is 0 Å². The van der Waals surface area contributed by atoms with Crippen molar-refractivity contribution in [2.45, 2.75) is 44.2 Å². The van der Waals surface area contributed by atoms with Crippen LogP contribution in [0.2, 0.25) is 0 Å². The highest BCUT2D eigenvalue weighted by molar-refractivity contribution is 5.94. The lowest BCUT2D eigenvalue weighted by molar-refractivity contribution is 0.0499. The zero-order valence-electron chi connectivity index (χ0n) is 17.0. The molecule has 150 valence electrons. The van der Waals surface area contributed by atoms with Gasteiger partial charge in [-0.05, 0) is 56.0 Å². The molecule has 29 heavy (non-hydrogen) atoms. The first-order valence-electron chi connectivity index (χ1n) is 10.7. The van der Waals surface area contributed by atoms with Gasteiger partial charge in [0, 0.05) is 43.2 Å². The number of likely N-dealkylation sites (tertiary alicyclic amines) is 1. The van der Waals surface area contributed by atoms with E-state index < -0.39 is 0 Å². The van der Waals surface area contributed by atoms with E-state index in [4.69, 9.17) is 0 Å². The standard InChI is InChI=1S/C24H28N4O/c1-26(20-13-15-27(16-14-20)21-6-4-7-21)24(29)18-9-11-22(12-10-18)28-23-8-3-2-5-19(23)17-25-28/h2-3,5,8-12,17,20-21H,4,6-7,13-16H2,1H3. The molecule has 5 rings (SSSR count). The van der Waals surface area contributed by atoms with Gasteiger partial charge in [0.1, 0.15) is 0 Å². The number of carbonyl (C=O) groups is 1. The number of nitrogens with zero attached hydrogens (tertiary/aromatic N) is 4. The topological polar surface area (TPSA) is 41.4 Å². The van der Waals surface area contributed by atoms with Crippen LogP contribution in [0.4, 0.5) is 0 Å². The summed E-state index contributed by atoms with van der Waals surface area (Å²) in [5, 5.41) is 5.61. The van der Waals surface area contributed by atoms with E-state index in [0.717, 1.165) is 54.1 Å². The first-order chi connectivity index (χ1) is 14.2. The highest BCUT2D eigenvalue weighted by Crippen LogP contribution is 2.28. The molecule has 1 saturated heterocycles. The first-order valence-corrected chi connectivity index (χ1v) is 10.7. The summed E-state index contributed by atoms with van der Waals surface area (Å²) in [5.74, 6) is 0.115. The SMILES string of the molecule is CN(C(=O)c1ccc(-n2ncc3ccccc32)cc1)C1CCN(C2CCC2)CC1. The van der Waals surface area contributed by atoms with E-state index in [1.165, 1.54) is 19.3 Å². The minimum Gasteiger partial charge on any atom is -0.339 e. The molecule has 3 aromatic rings. The van der Waals surface area contributed by atoms with Crippen LogP contribution >= 0.6 is 0 Å². The number of para-hydroxylation sites is 1. The van der Waals surface area contributed by atoms with Gasteiger partial charge in [0.15, 0.2) is 0 Å². The predicted molar refractivity (Wildman–Crippen MR) is 115 cm³/mol. The summed E-state index contributed by atoms with van der Waals surface area (Å²) in [7, 11) is 1.96. The van der Waals surface area contributed by atoms with Crippen LogP contribution in [0.3, 0.4) is 0 Å². The van der Waals surface area contributed by atoms with Gasteiger partial charge in [-0.25, -0.2) is 4.68 Å². The van der Waals surface area contributed by atoms with Crippen molar-refractivity contribution in [1.29, 1.82) is 0 Å². The average molecular weight is 389 g/mol. The largest absolute Gasteiger partial charge is 0.339 e. The van der Waals surface area contributed by atoms with Crippen molar-refractivity contribution < 1.29 is 4.79 Å². The molecule has 2 fully saturated rings. The third-order valence-electron chi connectivity index (χ3n) is 6.79. The molecule has 1 aromatic heterocycles. The van der Waals surface area contributed by atoms with E-state index in [2.05, 4.69) is 22.1 Å². The first kappa shape index (κ1) is 18.4. The van der Waals surface area contributed by atoms with Gasteiger partial charge in [0.05, 0.1) is 17.4 Å². The molecule has 0 spiro atoms. The molecule has 0 radical (unpaired) electrons. The normalized spacial score (nSPS) is 18.7. The number of benzene rings is 2. The van der Waals surface area contributed by atoms with Crippen molar-refractivity contribution in [3.05, 3.63) is 60.3 Å². The number of piperidine rings is 1. The van der Waals surface area contributed by atoms with Crippen molar-refractivity contribution in [3.8, 4) is 5.69 Å². The van der Waals surface area contributed by atoms with Gasteiger partial charge >= 0.3 is 0 Å². The Labute approximate surface area is 171 Å². The molecular weight excluding hydrogens is 360 g/mol. The number of aromatic nitrogens is 2. The highest BCUT2D eigenvalue weighted by atomic mass is 16.2. The zero-order valence-corrected chi connectivity index (χ0v) is 17.0. The maximum absolute atomic E-state index is 13.0. The molecule has 1 aliphatic heterocycles. The number of hydrogen-bond acceptors (Lipinski definition) is 3. The molecule has 0 unspecified atom stereocenters. The number of rotatable bonds is 4. The van der Waals surface area contributed by atoms with Gasteiger partial charge < -0.3 is 9.80 Å². The number of fused-ring (bicyclic) bond motifs is 1. The minimum absolute atomic E-state index is 0.115. The number of amides is 1. The lowest BCUT2D eigenvalue weighted by Crippen LogP contribution is -2.50. The Morgan fingerprint density at radius 1 is 1.00 bits per heavy atom. The second-order valence-electron chi connectivity index (χ2n) is 8.43. The van der Waals surface area contributed by atoms with Crippen LogP contribution in [0.25, 0.3) is 16.6 Å². The van der Waals surface area contributed by atoms with Crippen LogP contribution in [0, 0.1) is 0 Å². The molecular formula is C24H28N4O. The molecule has 1 amide bonds. The monoisotopic (exact) mass is 388 g/mol. The van der Waals surface area contributed by atoms with E-state index in [9.17, 15) is 4.79 Å². The molecule has 2 aromatic carbocycles. The lowest BCUT2D eigenvalue weighted by Gasteiger charge is -2.43. The Kier molecular flexibility index (Phi) is 4.84. The van der Waals surface area contributed by atoms with E-state index >= 15 is 0 Å². The summed E-state index contributed by atoms with van der Waals surface area (Å²) < 4.78 is 1.92. The molecule has 0 atom stereocenters. The molecule has 0 N–H and O–H groups in total. The molecule has 1 saturated carbocycles. The van der Waals surface area contributed by atoms with Crippen molar-refractivity contribution in [1.82, 2.24) is 19.6 Å². The van der Waals surface area contributed by atoms with Gasteiger partial charge in [-0.3, -0.25) is 4.79 Å². The van der Waals surface area contributed by atoms with E-state index in [1.54, 1.807) is 0 Å². The van der Waals surface area contributed by atoms with Crippen LogP contribution in [-0.2, 0) is 0 Å². The van der Waals surface area contributed by atoms with Crippen molar-refractivity contribution in [2.24, 2.45) is 0 Å². The second kappa shape index (κ2) is 7.64. The van der Waals surface area contributed by atoms with Crippen LogP contribution in [0.15, 0.2) is 54.7 Å². The van der Waals surface area contributed by atoms with Gasteiger partial charge in [0.2, 0.25) is 0 Å². The maximum atomic E-state index is 13.0. The smallest absolute Gasteiger partial charge is 0.253 e. The summed E-state index contributed by atoms with van der Waals surface area (Å²) in [6, 6.07) is 17.1. The lowest BCUT2D eigenvalue weighted by atomic mass is 9.89. The molecule has 5 heteroatoms. The minimum atomic E-state index is 0.115. The molecule has 5 nitrogen and oxygen atoms in total. The van der Waals surface area contributed by atoms with E-state index in [0.29, 0.717) is 6.04 Å². The fourth-order valence-electron chi connectivity index (χ4n) is 4.68. The highest BCUT2D eigenvalue weighted by Gasteiger charge is 2.31. The number of hydrogen-bond donors (Lipinski definition) is 0. The van der Waals surface area contributed by atoms with Crippen molar-refractivity contribution in [2.75, 3.05) is 20.1 Å². The zero-order chi connectivity index (χ0) is 19.8. The Morgan fingerprint density at radius 3 is 2.41 bits per heavy atom. The van der Waals surface area contributed by atoms with Crippen molar-refractivity contribution in [3.63, 3.8) is 0 Å². The number of carbonyl (C=O) groups excluding carboxylic acids is 1. The van der Waals surface area contributed by atoms with Crippen LogP contribution in [-0.4, -0.2) is 57.7 Å². The molecule has 2 heterocycles. The van der Waals surface area contributed by atoms with Crippen molar-refractivity contribution >= 4 is 16.8 Å². The Morgan fingerprint density at radius 2 is 1.72 bits per heavy atom. The second-order valence-corrected chi connectivity index (χ2v) is 8.43. The Balaban J connectivity index is 1.26. The van der Waals surface area contributed by atoms with Gasteiger partial charge in [-0.15, -0.1) is 0 Å². The summed E-state index contributed by atoms with van der Waals surface area (Å²) >= 11 is 0. The average Bonchev–Trinajstić information content (AvgIpc) is 3.16. The maximum Gasteiger partial charge on any atom is 0.253 e. The van der Waals surface area contributed by atoms with Crippen LogP contribution < -0.4 is 0 Å². The molecule has 0 bridgehead atoms. The summed E-state index contributed by atoms with van der Waals surface area (Å²) in [4.78, 5) is 17.6. The fourth-order valence-corrected chi connectivity index (χ4v) is 4.68. The van der Waals surface area contributed by atoms with Gasteiger partial charge in [0.25, 0.3) is 5.91 Å². The summed E-state index contributed by atoms with van der Waals surface area (Å²) in [6.07, 6.45) is 8.13. The Bertz CT molecular complexity index is 997. The van der Waals surface area contributed by atoms with Gasteiger partial charge in [-0.1, -0.05) is 24.6 Å². The third-order valence-corrected chi connectivity index (χ3v) is 6.79. The Hall–Kier alpha value is -2.66. The van der Waals surface area contributed by atoms with Crippen LogP contribution in [0.1, 0.15) is 42.5 Å². The summed E-state index contributed by atoms with van der Waals surface area (Å²) in [6.45, 7) is 2.25.